The molecule has 0 aromatic carbocycles. The maximum Gasteiger partial charge on any atom is 0.264 e. The molecule has 2 aliphatic rings. The Kier molecular flexibility index (Phi) is 15.7. The van der Waals surface area contributed by atoms with Gasteiger partial charge in [-0.3, -0.25) is 9.59 Å². The van der Waals surface area contributed by atoms with E-state index in [0.717, 1.165) is 77.5 Å². The van der Waals surface area contributed by atoms with E-state index in [-0.39, 0.29) is 11.8 Å². The molecule has 0 aliphatic carbocycles. The topological polar surface area (TPSA) is 117 Å². The number of aliphatic hydroxyl groups excluding tert-OH is 2. The van der Waals surface area contributed by atoms with Crippen molar-refractivity contribution < 1.29 is 38.5 Å². The van der Waals surface area contributed by atoms with Gasteiger partial charge < -0.3 is 19.7 Å². The number of carbonyl (C=O) groups excluding carboxylic acids is 2. The van der Waals surface area contributed by atoms with Crippen LogP contribution in [0.2, 0.25) is 0 Å². The first-order valence-corrected chi connectivity index (χ1v) is 15.2. The molecule has 10 heteroatoms. The summed E-state index contributed by atoms with van der Waals surface area (Å²) in [5.41, 5.74) is 6.25. The molecule has 2 amide bonds. The Labute approximate surface area is 230 Å². The van der Waals surface area contributed by atoms with Gasteiger partial charge in [0, 0.05) is 26.1 Å². The number of amides is 2. The molecule has 0 saturated carbocycles. The molecule has 0 bridgehead atoms. The van der Waals surface area contributed by atoms with E-state index in [9.17, 15) is 19.8 Å². The Morgan fingerprint density at radius 3 is 1.37 bits per heavy atom. The molecule has 38 heavy (non-hydrogen) atoms. The molecule has 0 aromatic rings. The van der Waals surface area contributed by atoms with E-state index in [4.69, 9.17) is 9.47 Å². The largest absolute Gasteiger partial charge is 0.385 e. The number of carbonyl (C=O) groups is 2. The Balaban J connectivity index is 1.51. The van der Waals surface area contributed by atoms with Gasteiger partial charge in [0.2, 0.25) is 0 Å². The van der Waals surface area contributed by atoms with E-state index >= 15 is 0 Å². The number of hydrogen-bond donors (Lipinski definition) is 4. The number of nitrogens with one attached hydrogen (secondary N) is 2. The highest BCUT2D eigenvalue weighted by molar-refractivity contribution is 5.74. The molecule has 2 aliphatic heterocycles. The molecule has 2 fully saturated rings. The summed E-state index contributed by atoms with van der Waals surface area (Å²) in [6.45, 7) is 10.0. The molecular formula is C28H56N4O6+2. The standard InChI is InChI=1S/C28H54N4O6/c1-3-27(35)29-31(15-9-7-10-16-31)21-25(33)23-37-19-13-5-6-14-20-38-24-26(34)22-32(30-28(36)4-2)17-11-8-12-18-32/h25-26,33-34H,3-24H2,1-2H3/p+2. The highest BCUT2D eigenvalue weighted by atomic mass is 16.5. The highest BCUT2D eigenvalue weighted by Gasteiger charge is 2.35. The molecule has 4 N–H and O–H groups in total. The van der Waals surface area contributed by atoms with Crippen LogP contribution < -0.4 is 10.9 Å². The van der Waals surface area contributed by atoms with E-state index in [0.29, 0.717) is 61.5 Å². The van der Waals surface area contributed by atoms with Crippen molar-refractivity contribution in [3.8, 4) is 0 Å². The van der Waals surface area contributed by atoms with Crippen LogP contribution in [0.25, 0.3) is 0 Å². The monoisotopic (exact) mass is 544 g/mol. The third kappa shape index (κ3) is 12.7. The van der Waals surface area contributed by atoms with Crippen LogP contribution in [0.4, 0.5) is 0 Å². The van der Waals surface area contributed by atoms with Crippen molar-refractivity contribution in [3.05, 3.63) is 0 Å². The maximum absolute atomic E-state index is 12.0. The average Bonchev–Trinajstić information content (AvgIpc) is 2.90. The summed E-state index contributed by atoms with van der Waals surface area (Å²) in [5, 5.41) is 21.0. The summed E-state index contributed by atoms with van der Waals surface area (Å²) in [6.07, 6.45) is 10.3. The lowest BCUT2D eigenvalue weighted by Gasteiger charge is -2.41. The Bertz CT molecular complexity index is 612. The summed E-state index contributed by atoms with van der Waals surface area (Å²) in [5.74, 6) is 0.0672. The maximum atomic E-state index is 12.0. The van der Waals surface area contributed by atoms with Crippen LogP contribution in [0.1, 0.15) is 90.9 Å². The molecule has 2 saturated heterocycles. The zero-order chi connectivity index (χ0) is 27.7. The van der Waals surface area contributed by atoms with E-state index in [1.165, 1.54) is 12.8 Å². The fourth-order valence-corrected chi connectivity index (χ4v) is 5.72. The van der Waals surface area contributed by atoms with Crippen LogP contribution in [0.3, 0.4) is 0 Å². The average molecular weight is 545 g/mol. The lowest BCUT2D eigenvalue weighted by atomic mass is 10.1. The zero-order valence-electron chi connectivity index (χ0n) is 24.1. The number of quaternary nitrogens is 2. The Morgan fingerprint density at radius 1 is 0.658 bits per heavy atom. The number of unbranched alkanes of at least 4 members (excludes halogenated alkanes) is 3. The van der Waals surface area contributed by atoms with Gasteiger partial charge in [-0.25, -0.2) is 20.0 Å². The number of piperidine rings is 2. The first-order chi connectivity index (χ1) is 18.3. The van der Waals surface area contributed by atoms with Crippen molar-refractivity contribution in [2.24, 2.45) is 0 Å². The number of likely N-dealkylation sites (tertiary alicyclic amines) is 2. The Hall–Kier alpha value is -1.30. The van der Waals surface area contributed by atoms with Gasteiger partial charge in [0.05, 0.1) is 13.2 Å². The molecule has 0 aromatic heterocycles. The van der Waals surface area contributed by atoms with Gasteiger partial charge in [-0.15, -0.1) is 0 Å². The first-order valence-electron chi connectivity index (χ1n) is 15.2. The van der Waals surface area contributed by atoms with Crippen LogP contribution >= 0.6 is 0 Å². The summed E-state index contributed by atoms with van der Waals surface area (Å²) >= 11 is 0. The fraction of sp³-hybridized carbons (Fsp3) is 0.929. The SMILES string of the molecule is CCC(=O)N[N+]1(CC(O)COCCCCCCOCC(O)C[N+]2(NC(=O)CC)CCCCC2)CCCCC1. The number of ether oxygens (including phenoxy) is 2. The molecule has 0 spiro atoms. The minimum absolute atomic E-state index is 0.0336. The molecule has 2 atom stereocenters. The second-order valence-electron chi connectivity index (χ2n) is 11.3. The molecule has 0 radical (unpaired) electrons. The second-order valence-corrected chi connectivity index (χ2v) is 11.3. The van der Waals surface area contributed by atoms with Crippen LogP contribution in [-0.4, -0.2) is 109 Å². The van der Waals surface area contributed by atoms with Crippen molar-refractivity contribution >= 4 is 11.8 Å². The van der Waals surface area contributed by atoms with Crippen molar-refractivity contribution in [1.82, 2.24) is 10.9 Å². The van der Waals surface area contributed by atoms with Crippen molar-refractivity contribution in [3.63, 3.8) is 0 Å². The van der Waals surface area contributed by atoms with Crippen LogP contribution in [0.5, 0.6) is 0 Å². The minimum atomic E-state index is -0.591. The van der Waals surface area contributed by atoms with Gasteiger partial charge in [-0.1, -0.05) is 26.7 Å². The summed E-state index contributed by atoms with van der Waals surface area (Å²) in [6, 6.07) is 0. The van der Waals surface area contributed by atoms with Gasteiger partial charge >= 0.3 is 0 Å². The normalized spacial score (nSPS) is 20.4. The summed E-state index contributed by atoms with van der Waals surface area (Å²) in [7, 11) is 0. The lowest BCUT2D eigenvalue weighted by molar-refractivity contribution is -0.967. The second kappa shape index (κ2) is 18.1. The van der Waals surface area contributed by atoms with E-state index in [1.54, 1.807) is 0 Å². The lowest BCUT2D eigenvalue weighted by Crippen LogP contribution is -2.65. The third-order valence-corrected chi connectivity index (χ3v) is 7.78. The zero-order valence-corrected chi connectivity index (χ0v) is 24.1. The van der Waals surface area contributed by atoms with Crippen molar-refractivity contribution in [1.29, 1.82) is 0 Å². The predicted octanol–water partition coefficient (Wildman–Crippen LogP) is 2.19. The molecular weight excluding hydrogens is 488 g/mol. The van der Waals surface area contributed by atoms with E-state index in [1.807, 2.05) is 13.8 Å². The number of rotatable bonds is 19. The van der Waals surface area contributed by atoms with Crippen molar-refractivity contribution in [2.45, 2.75) is 103 Å². The van der Waals surface area contributed by atoms with Crippen LogP contribution in [0.15, 0.2) is 0 Å². The van der Waals surface area contributed by atoms with E-state index < -0.39 is 12.2 Å². The predicted molar refractivity (Wildman–Crippen MR) is 146 cm³/mol. The smallest absolute Gasteiger partial charge is 0.264 e. The Morgan fingerprint density at radius 2 is 1.03 bits per heavy atom. The van der Waals surface area contributed by atoms with Gasteiger partial charge in [-0.2, -0.15) is 0 Å². The number of nitrogens with zero attached hydrogens (tertiary/aromatic N) is 2. The minimum Gasteiger partial charge on any atom is -0.385 e. The first kappa shape index (κ1) is 32.9. The number of aliphatic hydroxyl groups is 2. The van der Waals surface area contributed by atoms with Gasteiger partial charge in [0.15, 0.2) is 0 Å². The molecule has 10 nitrogen and oxygen atoms in total. The molecule has 2 unspecified atom stereocenters. The molecule has 2 heterocycles. The van der Waals surface area contributed by atoms with Gasteiger partial charge in [-0.05, 0) is 51.4 Å². The third-order valence-electron chi connectivity index (χ3n) is 7.78. The van der Waals surface area contributed by atoms with E-state index in [2.05, 4.69) is 10.9 Å². The molecule has 222 valence electrons. The van der Waals surface area contributed by atoms with Crippen molar-refractivity contribution in [2.75, 3.05) is 65.7 Å². The quantitative estimate of drug-likeness (QED) is 0.146. The van der Waals surface area contributed by atoms with Gasteiger partial charge in [0.1, 0.15) is 51.5 Å². The van der Waals surface area contributed by atoms with Crippen LogP contribution in [-0.2, 0) is 19.1 Å². The number of hydrogen-bond acceptors (Lipinski definition) is 6. The summed E-state index contributed by atoms with van der Waals surface area (Å²) < 4.78 is 12.4. The van der Waals surface area contributed by atoms with Gasteiger partial charge in [0.25, 0.3) is 11.8 Å². The highest BCUT2D eigenvalue weighted by Crippen LogP contribution is 2.18. The molecule has 2 rings (SSSR count). The van der Waals surface area contributed by atoms with Crippen LogP contribution in [0, 0.1) is 0 Å². The summed E-state index contributed by atoms with van der Waals surface area (Å²) in [4.78, 5) is 24.0. The fourth-order valence-electron chi connectivity index (χ4n) is 5.72.